The Bertz CT molecular complexity index is 1120. The van der Waals surface area contributed by atoms with E-state index in [0.717, 1.165) is 39.5 Å². The molecule has 2 aromatic heterocycles. The lowest BCUT2D eigenvalue weighted by molar-refractivity contribution is 0.310. The molecule has 0 radical (unpaired) electrons. The van der Waals surface area contributed by atoms with Gasteiger partial charge in [0.25, 0.3) is 5.56 Å². The van der Waals surface area contributed by atoms with E-state index in [2.05, 4.69) is 26.0 Å². The molecule has 0 N–H and O–H groups in total. The minimum Gasteiger partial charge on any atom is -0.492 e. The van der Waals surface area contributed by atoms with Gasteiger partial charge in [0.15, 0.2) is 11.5 Å². The number of methoxy groups -OCH3 is 1. The third-order valence-corrected chi connectivity index (χ3v) is 6.51. The number of nitrogens with zero attached hydrogens (tertiary/aromatic N) is 3. The van der Waals surface area contributed by atoms with E-state index in [1.807, 2.05) is 19.1 Å². The van der Waals surface area contributed by atoms with Crippen LogP contribution in [0.4, 0.5) is 0 Å². The molecule has 1 aliphatic rings. The Hall–Kier alpha value is -2.19. The highest BCUT2D eigenvalue weighted by Crippen LogP contribution is 2.36. The minimum absolute atomic E-state index is 0.113. The number of hydrogen-bond donors (Lipinski definition) is 0. The first-order chi connectivity index (χ1) is 13.6. The highest BCUT2D eigenvalue weighted by Gasteiger charge is 2.19. The Morgan fingerprint density at radius 2 is 2.18 bits per heavy atom. The third-order valence-electron chi connectivity index (χ3n) is 4.73. The van der Waals surface area contributed by atoms with Gasteiger partial charge in [0.05, 0.1) is 29.8 Å². The number of aryl methyl sites for hydroxylation is 2. The monoisotopic (exact) mass is 461 g/mol. The Morgan fingerprint density at radius 3 is 2.96 bits per heavy atom. The first-order valence-electron chi connectivity index (χ1n) is 9.19. The second-order valence-electron chi connectivity index (χ2n) is 6.50. The summed E-state index contributed by atoms with van der Waals surface area (Å²) in [6.45, 7) is 2.43. The fourth-order valence-corrected chi connectivity index (χ4v) is 5.31. The largest absolute Gasteiger partial charge is 0.492 e. The number of fused-ring (bicyclic) bond motifs is 3. The van der Waals surface area contributed by atoms with E-state index in [1.165, 1.54) is 27.9 Å². The molecular formula is C20H20BrN3O3S. The van der Waals surface area contributed by atoms with Gasteiger partial charge in [0.1, 0.15) is 11.2 Å². The van der Waals surface area contributed by atoms with Crippen molar-refractivity contribution in [2.75, 3.05) is 13.7 Å². The second-order valence-corrected chi connectivity index (χ2v) is 8.43. The lowest BCUT2D eigenvalue weighted by Gasteiger charge is -2.11. The number of hydrogen-bond acceptors (Lipinski definition) is 6. The fraction of sp³-hybridized carbons (Fsp3) is 0.350. The van der Waals surface area contributed by atoms with Crippen molar-refractivity contribution < 1.29 is 9.47 Å². The van der Waals surface area contributed by atoms with E-state index in [1.54, 1.807) is 24.7 Å². The van der Waals surface area contributed by atoms with E-state index in [9.17, 15) is 4.79 Å². The van der Waals surface area contributed by atoms with Crippen LogP contribution >= 0.6 is 27.3 Å². The maximum atomic E-state index is 13.0. The summed E-state index contributed by atoms with van der Waals surface area (Å²) in [6.07, 6.45) is 7.41. The normalized spacial score (nSPS) is 13.8. The standard InChI is InChI=1S/C20H20BrN3O3S/c1-3-27-15-9-12(8-14(21)18(15)26-2)10-23-24-11-22-19-17(20(24)25)13-6-4-5-7-16(13)28-19/h8-11H,3-7H2,1-2H3/b23-10-. The highest BCUT2D eigenvalue weighted by molar-refractivity contribution is 9.10. The Balaban J connectivity index is 1.73. The van der Waals surface area contributed by atoms with Crippen molar-refractivity contribution in [3.05, 3.63) is 49.3 Å². The molecule has 1 aliphatic carbocycles. The molecule has 0 unspecified atom stereocenters. The molecule has 0 spiro atoms. The van der Waals surface area contributed by atoms with E-state index in [4.69, 9.17) is 9.47 Å². The first kappa shape index (κ1) is 19.1. The molecule has 0 bridgehead atoms. The molecule has 2 heterocycles. The van der Waals surface area contributed by atoms with Crippen molar-refractivity contribution in [2.45, 2.75) is 32.6 Å². The SMILES string of the molecule is CCOc1cc(/C=N\n2cnc3sc4c(c3c2=O)CCCC4)cc(Br)c1OC. The molecule has 146 valence electrons. The zero-order valence-electron chi connectivity index (χ0n) is 15.7. The average molecular weight is 462 g/mol. The van der Waals surface area contributed by atoms with Gasteiger partial charge in [-0.3, -0.25) is 4.79 Å². The lowest BCUT2D eigenvalue weighted by Crippen LogP contribution is -2.18. The Kier molecular flexibility index (Phi) is 5.50. The van der Waals surface area contributed by atoms with Crippen molar-refractivity contribution in [1.82, 2.24) is 9.66 Å². The van der Waals surface area contributed by atoms with Crippen molar-refractivity contribution in [1.29, 1.82) is 0 Å². The van der Waals surface area contributed by atoms with Crippen molar-refractivity contribution in [3.63, 3.8) is 0 Å². The predicted octanol–water partition coefficient (Wildman–Crippen LogP) is 4.39. The van der Waals surface area contributed by atoms with E-state index < -0.39 is 0 Å². The molecule has 1 aromatic carbocycles. The van der Waals surface area contributed by atoms with Crippen molar-refractivity contribution >= 4 is 43.7 Å². The van der Waals surface area contributed by atoms with Gasteiger partial charge < -0.3 is 9.47 Å². The quantitative estimate of drug-likeness (QED) is 0.528. The van der Waals surface area contributed by atoms with Gasteiger partial charge in [-0.15, -0.1) is 11.3 Å². The lowest BCUT2D eigenvalue weighted by atomic mass is 9.97. The maximum Gasteiger partial charge on any atom is 0.282 e. The number of halogens is 1. The number of thiophene rings is 1. The van der Waals surface area contributed by atoms with Gasteiger partial charge in [0.2, 0.25) is 0 Å². The summed E-state index contributed by atoms with van der Waals surface area (Å²) >= 11 is 5.13. The molecular weight excluding hydrogens is 442 g/mol. The van der Waals surface area contributed by atoms with Crippen LogP contribution < -0.4 is 15.0 Å². The van der Waals surface area contributed by atoms with E-state index in [-0.39, 0.29) is 5.56 Å². The van der Waals surface area contributed by atoms with Crippen LogP contribution in [0.3, 0.4) is 0 Å². The smallest absolute Gasteiger partial charge is 0.282 e. The molecule has 0 saturated heterocycles. The van der Waals surface area contributed by atoms with Crippen molar-refractivity contribution in [2.24, 2.45) is 5.10 Å². The van der Waals surface area contributed by atoms with Gasteiger partial charge in [-0.2, -0.15) is 9.78 Å². The van der Waals surface area contributed by atoms with Crippen LogP contribution in [-0.2, 0) is 12.8 Å². The summed E-state index contributed by atoms with van der Waals surface area (Å²) in [7, 11) is 1.60. The predicted molar refractivity (Wildman–Crippen MR) is 115 cm³/mol. The Morgan fingerprint density at radius 1 is 1.36 bits per heavy atom. The number of benzene rings is 1. The molecule has 8 heteroatoms. The van der Waals surface area contributed by atoms with E-state index >= 15 is 0 Å². The van der Waals surface area contributed by atoms with Gasteiger partial charge in [-0.25, -0.2) is 4.98 Å². The van der Waals surface area contributed by atoms with Crippen LogP contribution in [0, 0.1) is 0 Å². The topological polar surface area (TPSA) is 65.7 Å². The number of aromatic nitrogens is 2. The first-order valence-corrected chi connectivity index (χ1v) is 10.8. The van der Waals surface area contributed by atoms with Gasteiger partial charge in [-0.05, 0) is 71.8 Å². The molecule has 6 nitrogen and oxygen atoms in total. The van der Waals surface area contributed by atoms with E-state index in [0.29, 0.717) is 18.1 Å². The van der Waals surface area contributed by atoms with Gasteiger partial charge >= 0.3 is 0 Å². The maximum absolute atomic E-state index is 13.0. The summed E-state index contributed by atoms with van der Waals surface area (Å²) in [5.74, 6) is 1.25. The van der Waals surface area contributed by atoms with Crippen LogP contribution in [-0.4, -0.2) is 29.6 Å². The second kappa shape index (κ2) is 8.05. The average Bonchev–Trinajstić information content (AvgIpc) is 3.07. The fourth-order valence-electron chi connectivity index (χ4n) is 3.47. The van der Waals surface area contributed by atoms with Crippen LogP contribution in [0.5, 0.6) is 11.5 Å². The summed E-state index contributed by atoms with van der Waals surface area (Å²) in [5, 5.41) is 5.08. The summed E-state index contributed by atoms with van der Waals surface area (Å²) in [4.78, 5) is 19.6. The number of rotatable bonds is 5. The van der Waals surface area contributed by atoms with Crippen molar-refractivity contribution in [3.8, 4) is 11.5 Å². The molecule has 28 heavy (non-hydrogen) atoms. The molecule has 3 aromatic rings. The van der Waals surface area contributed by atoms with Crippen LogP contribution in [0.2, 0.25) is 0 Å². The molecule has 4 rings (SSSR count). The minimum atomic E-state index is -0.113. The molecule has 0 saturated carbocycles. The summed E-state index contributed by atoms with van der Waals surface area (Å²) in [5.41, 5.74) is 1.84. The number of ether oxygens (including phenoxy) is 2. The van der Waals surface area contributed by atoms with Gasteiger partial charge in [0, 0.05) is 4.88 Å². The molecule has 0 atom stereocenters. The summed E-state index contributed by atoms with van der Waals surface area (Å²) in [6, 6.07) is 3.70. The summed E-state index contributed by atoms with van der Waals surface area (Å²) < 4.78 is 13.1. The zero-order valence-corrected chi connectivity index (χ0v) is 18.1. The Labute approximate surface area is 174 Å². The zero-order chi connectivity index (χ0) is 19.7. The molecule has 0 fully saturated rings. The molecule has 0 aliphatic heterocycles. The molecule has 0 amide bonds. The van der Waals surface area contributed by atoms with Crippen LogP contribution in [0.1, 0.15) is 35.8 Å². The third kappa shape index (κ3) is 3.46. The highest BCUT2D eigenvalue weighted by atomic mass is 79.9. The van der Waals surface area contributed by atoms with Crippen LogP contribution in [0.15, 0.2) is 32.8 Å². The van der Waals surface area contributed by atoms with Gasteiger partial charge in [-0.1, -0.05) is 0 Å². The van der Waals surface area contributed by atoms with Crippen LogP contribution in [0.25, 0.3) is 10.2 Å².